The Morgan fingerprint density at radius 3 is 2.89 bits per heavy atom. The Balaban J connectivity index is 1.96. The summed E-state index contributed by atoms with van der Waals surface area (Å²) in [6.45, 7) is 1.79. The molecule has 0 bridgehead atoms. The number of rotatable bonds is 6. The summed E-state index contributed by atoms with van der Waals surface area (Å²) in [4.78, 5) is 19.0. The van der Waals surface area contributed by atoms with E-state index < -0.39 is 15.9 Å². The average molecular weight is 444 g/mol. The second-order valence-electron chi connectivity index (χ2n) is 6.77. The summed E-state index contributed by atoms with van der Waals surface area (Å²) in [5.41, 5.74) is 1.02. The highest BCUT2D eigenvalue weighted by Gasteiger charge is 2.30. The van der Waals surface area contributed by atoms with Crippen molar-refractivity contribution in [3.8, 4) is 0 Å². The minimum Gasteiger partial charge on any atom is -0.383 e. The smallest absolute Gasteiger partial charge is 0.252 e. The topological polar surface area (TPSA) is 81.0 Å². The second kappa shape index (κ2) is 9.08. The fraction of sp³-hybridized carbons (Fsp3) is 0.556. The van der Waals surface area contributed by atoms with Crippen LogP contribution in [0.1, 0.15) is 12.8 Å². The Morgan fingerprint density at radius 1 is 1.43 bits per heavy atom. The van der Waals surface area contributed by atoms with Crippen LogP contribution in [0.2, 0.25) is 0 Å². The molecule has 1 aromatic carbocycles. The van der Waals surface area contributed by atoms with Crippen LogP contribution in [0.15, 0.2) is 28.1 Å². The van der Waals surface area contributed by atoms with Crippen LogP contribution in [0.4, 0.5) is 0 Å². The Labute approximate surface area is 173 Å². The van der Waals surface area contributed by atoms with Gasteiger partial charge in [0.1, 0.15) is 0 Å². The predicted octanol–water partition coefficient (Wildman–Crippen LogP) is 2.17. The Bertz CT molecular complexity index is 1030. The first-order valence-corrected chi connectivity index (χ1v) is 12.9. The molecule has 1 amide bonds. The number of carbonyl (C=O) groups is 1. The zero-order chi connectivity index (χ0) is 20.3. The van der Waals surface area contributed by atoms with Gasteiger partial charge in [-0.3, -0.25) is 4.79 Å². The van der Waals surface area contributed by atoms with E-state index in [0.717, 1.165) is 15.1 Å². The van der Waals surface area contributed by atoms with E-state index in [-0.39, 0.29) is 12.5 Å². The summed E-state index contributed by atoms with van der Waals surface area (Å²) in [7, 11) is -1.65. The molecule has 1 aromatic heterocycles. The van der Waals surface area contributed by atoms with Gasteiger partial charge in [-0.05, 0) is 37.3 Å². The molecule has 2 heterocycles. The second-order valence-corrected chi connectivity index (χ2v) is 10.6. The lowest BCUT2D eigenvalue weighted by Gasteiger charge is -2.28. The molecule has 0 radical (unpaired) electrons. The number of sulfonamides is 1. The van der Waals surface area contributed by atoms with Crippen molar-refractivity contribution >= 4 is 49.2 Å². The summed E-state index contributed by atoms with van der Waals surface area (Å²) in [5.74, 6) is -0.650. The van der Waals surface area contributed by atoms with Crippen molar-refractivity contribution in [2.45, 2.75) is 24.3 Å². The molecule has 28 heavy (non-hydrogen) atoms. The van der Waals surface area contributed by atoms with E-state index in [2.05, 4.69) is 17.1 Å². The van der Waals surface area contributed by atoms with E-state index in [0.29, 0.717) is 37.3 Å². The van der Waals surface area contributed by atoms with Crippen LogP contribution >= 0.6 is 23.1 Å². The van der Waals surface area contributed by atoms with E-state index in [9.17, 15) is 13.2 Å². The highest BCUT2D eigenvalue weighted by Crippen LogP contribution is 2.25. The fourth-order valence-electron chi connectivity index (χ4n) is 3.30. The predicted molar refractivity (Wildman–Crippen MR) is 113 cm³/mol. The van der Waals surface area contributed by atoms with Crippen molar-refractivity contribution in [1.82, 2.24) is 8.87 Å². The van der Waals surface area contributed by atoms with Crippen molar-refractivity contribution in [2.24, 2.45) is 10.9 Å². The van der Waals surface area contributed by atoms with Gasteiger partial charge in [0.05, 0.1) is 29.0 Å². The minimum absolute atomic E-state index is 0.209. The first-order chi connectivity index (χ1) is 13.3. The lowest BCUT2D eigenvalue weighted by molar-refractivity contribution is -0.122. The molecule has 3 rings (SSSR count). The van der Waals surface area contributed by atoms with Gasteiger partial charge < -0.3 is 9.30 Å². The van der Waals surface area contributed by atoms with Gasteiger partial charge in [-0.2, -0.15) is 4.99 Å². The molecule has 1 atom stereocenters. The van der Waals surface area contributed by atoms with Crippen LogP contribution in [-0.2, 0) is 26.1 Å². The van der Waals surface area contributed by atoms with Gasteiger partial charge in [-0.15, -0.1) is 11.8 Å². The molecule has 1 aliphatic heterocycles. The molecule has 2 aromatic rings. The zero-order valence-electron chi connectivity index (χ0n) is 16.3. The normalized spacial score (nSPS) is 19.4. The fourth-order valence-corrected chi connectivity index (χ4v) is 5.82. The molecule has 1 aliphatic rings. The van der Waals surface area contributed by atoms with Gasteiger partial charge in [0.2, 0.25) is 10.0 Å². The maximum Gasteiger partial charge on any atom is 0.252 e. The largest absolute Gasteiger partial charge is 0.383 e. The van der Waals surface area contributed by atoms with Crippen molar-refractivity contribution in [1.29, 1.82) is 0 Å². The Morgan fingerprint density at radius 2 is 2.21 bits per heavy atom. The minimum atomic E-state index is -3.30. The van der Waals surface area contributed by atoms with Crippen molar-refractivity contribution < 1.29 is 17.9 Å². The number of carbonyl (C=O) groups excluding carboxylic acids is 1. The van der Waals surface area contributed by atoms with Crippen LogP contribution in [0.3, 0.4) is 0 Å². The summed E-state index contributed by atoms with van der Waals surface area (Å²) in [6.07, 6.45) is 4.55. The number of nitrogens with zero attached hydrogens (tertiary/aromatic N) is 3. The van der Waals surface area contributed by atoms with Crippen LogP contribution < -0.4 is 4.80 Å². The number of benzene rings is 1. The van der Waals surface area contributed by atoms with Gasteiger partial charge in [0.15, 0.2) is 4.80 Å². The van der Waals surface area contributed by atoms with Crippen LogP contribution in [0.25, 0.3) is 10.2 Å². The van der Waals surface area contributed by atoms with Crippen molar-refractivity contribution in [3.63, 3.8) is 0 Å². The van der Waals surface area contributed by atoms with Gasteiger partial charge in [0.25, 0.3) is 5.91 Å². The number of methoxy groups -OCH3 is 1. The lowest BCUT2D eigenvalue weighted by atomic mass is 9.99. The summed E-state index contributed by atoms with van der Waals surface area (Å²) in [6, 6.07) is 6.20. The number of thiazole rings is 1. The molecular weight excluding hydrogens is 418 g/mol. The molecule has 7 nitrogen and oxygen atoms in total. The maximum absolute atomic E-state index is 12.8. The Kier molecular flexibility index (Phi) is 6.98. The first kappa shape index (κ1) is 21.5. The molecule has 154 valence electrons. The lowest BCUT2D eigenvalue weighted by Crippen LogP contribution is -2.41. The highest BCUT2D eigenvalue weighted by molar-refractivity contribution is 7.98. The van der Waals surface area contributed by atoms with E-state index in [1.165, 1.54) is 21.9 Å². The number of piperidine rings is 1. The standard InChI is InChI=1S/C18H25N3O4S3/c1-25-10-9-21-15-7-6-14(26-2)11-16(15)27-18(21)19-17(22)13-5-4-8-20(12-13)28(3,23)24/h6-7,11,13H,4-5,8-10,12H2,1-3H3. The van der Waals surface area contributed by atoms with Gasteiger partial charge in [-0.25, -0.2) is 12.7 Å². The van der Waals surface area contributed by atoms with E-state index in [1.54, 1.807) is 18.9 Å². The van der Waals surface area contributed by atoms with Crippen molar-refractivity contribution in [3.05, 3.63) is 23.0 Å². The van der Waals surface area contributed by atoms with Gasteiger partial charge in [-0.1, -0.05) is 11.3 Å². The molecule has 0 N–H and O–H groups in total. The van der Waals surface area contributed by atoms with Crippen molar-refractivity contribution in [2.75, 3.05) is 39.3 Å². The number of ether oxygens (including phenoxy) is 1. The average Bonchev–Trinajstić information content (AvgIpc) is 3.01. The van der Waals surface area contributed by atoms with E-state index in [1.807, 2.05) is 16.9 Å². The van der Waals surface area contributed by atoms with E-state index >= 15 is 0 Å². The molecular formula is C18H25N3O4S3. The maximum atomic E-state index is 12.8. The van der Waals surface area contributed by atoms with Gasteiger partial charge >= 0.3 is 0 Å². The summed E-state index contributed by atoms with van der Waals surface area (Å²) in [5, 5.41) is 0. The molecule has 0 saturated carbocycles. The molecule has 0 spiro atoms. The molecule has 10 heteroatoms. The third-order valence-corrected chi connectivity index (χ3v) is 7.85. The zero-order valence-corrected chi connectivity index (χ0v) is 18.7. The SMILES string of the molecule is COCCn1c(=NC(=O)C2CCCN(S(C)(=O)=O)C2)sc2cc(SC)ccc21. The monoisotopic (exact) mass is 443 g/mol. The number of hydrogen-bond acceptors (Lipinski definition) is 6. The molecule has 0 aliphatic carbocycles. The number of aromatic nitrogens is 1. The number of fused-ring (bicyclic) bond motifs is 1. The third-order valence-electron chi connectivity index (χ3n) is 4.82. The van der Waals surface area contributed by atoms with Crippen LogP contribution in [-0.4, -0.2) is 62.5 Å². The number of thioether (sulfide) groups is 1. The number of hydrogen-bond donors (Lipinski definition) is 0. The molecule has 1 saturated heterocycles. The quantitative estimate of drug-likeness (QED) is 0.639. The van der Waals surface area contributed by atoms with Crippen LogP contribution in [0.5, 0.6) is 0 Å². The van der Waals surface area contributed by atoms with E-state index in [4.69, 9.17) is 4.74 Å². The van der Waals surface area contributed by atoms with Gasteiger partial charge in [0, 0.05) is 31.6 Å². The third kappa shape index (κ3) is 4.85. The first-order valence-electron chi connectivity index (χ1n) is 9.03. The summed E-state index contributed by atoms with van der Waals surface area (Å²) < 4.78 is 33.3. The molecule has 1 unspecified atom stereocenters. The van der Waals surface area contributed by atoms with Crippen LogP contribution in [0, 0.1) is 5.92 Å². The number of amides is 1. The Hall–Kier alpha value is -1.20. The highest BCUT2D eigenvalue weighted by atomic mass is 32.2. The molecule has 1 fully saturated rings. The summed E-state index contributed by atoms with van der Waals surface area (Å²) >= 11 is 3.15.